The normalized spacial score (nSPS) is 11.9. The summed E-state index contributed by atoms with van der Waals surface area (Å²) in [5.74, 6) is 0. The van der Waals surface area contributed by atoms with Crippen LogP contribution < -0.4 is 10.0 Å². The molecular formula is C13H20N4O2S2. The van der Waals surface area contributed by atoms with Crippen LogP contribution in [0.4, 0.5) is 0 Å². The average molecular weight is 328 g/mol. The molecule has 0 unspecified atom stereocenters. The van der Waals surface area contributed by atoms with E-state index < -0.39 is 10.0 Å². The first-order chi connectivity index (χ1) is 10.0. The molecular weight excluding hydrogens is 308 g/mol. The van der Waals surface area contributed by atoms with Gasteiger partial charge in [-0.15, -0.1) is 11.3 Å². The molecule has 2 heterocycles. The molecule has 0 aliphatic heterocycles. The highest BCUT2D eigenvalue weighted by atomic mass is 32.2. The molecule has 0 saturated carbocycles. The lowest BCUT2D eigenvalue weighted by Crippen LogP contribution is -2.24. The average Bonchev–Trinajstić information content (AvgIpc) is 3.06. The monoisotopic (exact) mass is 328 g/mol. The fraction of sp³-hybridized carbons (Fsp3) is 0.462. The number of hydrogen-bond donors (Lipinski definition) is 2. The van der Waals surface area contributed by atoms with Gasteiger partial charge in [-0.2, -0.15) is 5.10 Å². The number of hydrogen-bond acceptors (Lipinski definition) is 5. The highest BCUT2D eigenvalue weighted by Gasteiger charge is 2.19. The van der Waals surface area contributed by atoms with Gasteiger partial charge in [0.2, 0.25) is 10.0 Å². The van der Waals surface area contributed by atoms with Gasteiger partial charge in [0.15, 0.2) is 0 Å². The number of rotatable bonds is 8. The minimum absolute atomic E-state index is 0.244. The molecule has 0 bridgehead atoms. The maximum atomic E-state index is 12.4. The molecule has 6 nitrogen and oxygen atoms in total. The zero-order valence-electron chi connectivity index (χ0n) is 12.2. The fourth-order valence-corrected chi connectivity index (χ4v) is 4.32. The molecule has 0 aliphatic rings. The van der Waals surface area contributed by atoms with Crippen LogP contribution >= 0.6 is 11.3 Å². The van der Waals surface area contributed by atoms with E-state index in [0.717, 1.165) is 23.4 Å². The van der Waals surface area contributed by atoms with Crippen molar-refractivity contribution >= 4 is 21.4 Å². The van der Waals surface area contributed by atoms with Crippen molar-refractivity contribution in [1.82, 2.24) is 19.8 Å². The summed E-state index contributed by atoms with van der Waals surface area (Å²) in [5.41, 5.74) is 0.835. The highest BCUT2D eigenvalue weighted by molar-refractivity contribution is 7.89. The molecule has 2 rings (SSSR count). The van der Waals surface area contributed by atoms with Crippen LogP contribution in [-0.2, 0) is 30.2 Å². The Morgan fingerprint density at radius 2 is 2.19 bits per heavy atom. The van der Waals surface area contributed by atoms with Crippen molar-refractivity contribution in [3.05, 3.63) is 34.3 Å². The Labute approximate surface area is 129 Å². The van der Waals surface area contributed by atoms with E-state index in [1.165, 1.54) is 11.3 Å². The largest absolute Gasteiger partial charge is 0.312 e. The van der Waals surface area contributed by atoms with Crippen LogP contribution in [0.3, 0.4) is 0 Å². The highest BCUT2D eigenvalue weighted by Crippen LogP contribution is 2.21. The van der Waals surface area contributed by atoms with Crippen molar-refractivity contribution in [3.63, 3.8) is 0 Å². The van der Waals surface area contributed by atoms with E-state index in [4.69, 9.17) is 0 Å². The topological polar surface area (TPSA) is 76.0 Å². The van der Waals surface area contributed by atoms with Crippen molar-refractivity contribution in [2.75, 3.05) is 6.54 Å². The third kappa shape index (κ3) is 4.37. The molecule has 2 N–H and O–H groups in total. The molecule has 21 heavy (non-hydrogen) atoms. The van der Waals surface area contributed by atoms with Crippen molar-refractivity contribution < 1.29 is 8.42 Å². The zero-order chi connectivity index (χ0) is 15.3. The van der Waals surface area contributed by atoms with Crippen molar-refractivity contribution in [3.8, 4) is 0 Å². The minimum Gasteiger partial charge on any atom is -0.312 e. The first-order valence-corrected chi connectivity index (χ1v) is 9.13. The second-order valence-corrected chi connectivity index (χ2v) is 7.47. The second-order valence-electron chi connectivity index (χ2n) is 4.73. The van der Waals surface area contributed by atoms with Gasteiger partial charge in [0.1, 0.15) is 0 Å². The Morgan fingerprint density at radius 3 is 2.86 bits per heavy atom. The molecule has 0 aliphatic carbocycles. The van der Waals surface area contributed by atoms with Crippen molar-refractivity contribution in [2.24, 2.45) is 7.05 Å². The predicted molar refractivity (Wildman–Crippen MR) is 83.6 cm³/mol. The van der Waals surface area contributed by atoms with Crippen LogP contribution in [0.1, 0.15) is 23.8 Å². The molecule has 0 fully saturated rings. The van der Waals surface area contributed by atoms with Gasteiger partial charge in [0.25, 0.3) is 0 Å². The van der Waals surface area contributed by atoms with Crippen molar-refractivity contribution in [2.45, 2.75) is 31.3 Å². The van der Waals surface area contributed by atoms with E-state index in [-0.39, 0.29) is 6.54 Å². The Balaban J connectivity index is 2.03. The maximum absolute atomic E-state index is 12.4. The summed E-state index contributed by atoms with van der Waals surface area (Å²) in [5, 5.41) is 9.06. The van der Waals surface area contributed by atoms with Gasteiger partial charge < -0.3 is 5.32 Å². The SMILES string of the molecule is CCCNCc1sccc1S(=O)(=O)NCc1cnn(C)c1. The van der Waals surface area contributed by atoms with Crippen LogP contribution in [0, 0.1) is 0 Å². The van der Waals surface area contributed by atoms with E-state index >= 15 is 0 Å². The maximum Gasteiger partial charge on any atom is 0.242 e. The summed E-state index contributed by atoms with van der Waals surface area (Å²) < 4.78 is 29.0. The van der Waals surface area contributed by atoms with E-state index in [2.05, 4.69) is 22.1 Å². The van der Waals surface area contributed by atoms with Crippen LogP contribution in [-0.4, -0.2) is 24.7 Å². The summed E-state index contributed by atoms with van der Waals surface area (Å²) in [6.07, 6.45) is 4.46. The minimum atomic E-state index is -3.49. The third-order valence-corrected chi connectivity index (χ3v) is 5.47. The summed E-state index contributed by atoms with van der Waals surface area (Å²) in [7, 11) is -1.69. The van der Waals surface area contributed by atoms with E-state index in [0.29, 0.717) is 11.4 Å². The number of aryl methyl sites for hydroxylation is 1. The Hall–Kier alpha value is -1.22. The van der Waals surface area contributed by atoms with Crippen LogP contribution in [0.25, 0.3) is 0 Å². The Bertz CT molecular complexity index is 676. The number of nitrogens with one attached hydrogen (secondary N) is 2. The van der Waals surface area contributed by atoms with Gasteiger partial charge in [0.05, 0.1) is 11.1 Å². The molecule has 0 saturated heterocycles. The predicted octanol–water partition coefficient (Wildman–Crippen LogP) is 1.46. The lowest BCUT2D eigenvalue weighted by Gasteiger charge is -2.07. The van der Waals surface area contributed by atoms with Gasteiger partial charge in [-0.3, -0.25) is 4.68 Å². The molecule has 116 valence electrons. The summed E-state index contributed by atoms with van der Waals surface area (Å²) in [6.45, 7) is 3.78. The number of thiophene rings is 1. The van der Waals surface area contributed by atoms with Gasteiger partial charge in [-0.25, -0.2) is 13.1 Å². The quantitative estimate of drug-likeness (QED) is 0.719. The molecule has 2 aromatic rings. The summed E-state index contributed by atoms with van der Waals surface area (Å²) in [4.78, 5) is 1.20. The molecule has 0 spiro atoms. The number of aromatic nitrogens is 2. The number of nitrogens with zero attached hydrogens (tertiary/aromatic N) is 2. The first-order valence-electron chi connectivity index (χ1n) is 6.77. The lowest BCUT2D eigenvalue weighted by atomic mass is 10.4. The zero-order valence-corrected chi connectivity index (χ0v) is 13.8. The van der Waals surface area contributed by atoms with Gasteiger partial charge >= 0.3 is 0 Å². The third-order valence-electron chi connectivity index (χ3n) is 2.93. The standard InChI is InChI=1S/C13H20N4O2S2/c1-3-5-14-9-12-13(4-6-20-12)21(18,19)16-8-11-7-15-17(2)10-11/h4,6-7,10,14,16H,3,5,8-9H2,1-2H3. The van der Waals surface area contributed by atoms with Gasteiger partial charge in [0, 0.05) is 36.8 Å². The molecule has 0 aromatic carbocycles. The van der Waals surface area contributed by atoms with Crippen LogP contribution in [0.2, 0.25) is 0 Å². The van der Waals surface area contributed by atoms with Crippen LogP contribution in [0.5, 0.6) is 0 Å². The molecule has 0 amide bonds. The number of sulfonamides is 1. The molecule has 0 radical (unpaired) electrons. The Kier molecular flexibility index (Phi) is 5.51. The molecule has 0 atom stereocenters. The lowest BCUT2D eigenvalue weighted by molar-refractivity contribution is 0.579. The van der Waals surface area contributed by atoms with E-state index in [9.17, 15) is 8.42 Å². The molecule has 2 aromatic heterocycles. The smallest absolute Gasteiger partial charge is 0.242 e. The summed E-state index contributed by atoms with van der Waals surface area (Å²) in [6, 6.07) is 1.65. The second kappa shape index (κ2) is 7.17. The van der Waals surface area contributed by atoms with Gasteiger partial charge in [-0.1, -0.05) is 6.92 Å². The van der Waals surface area contributed by atoms with Crippen LogP contribution in [0.15, 0.2) is 28.7 Å². The molecule has 8 heteroatoms. The fourth-order valence-electron chi connectivity index (χ4n) is 1.90. The van der Waals surface area contributed by atoms with E-state index in [1.807, 2.05) is 5.38 Å². The summed E-state index contributed by atoms with van der Waals surface area (Å²) >= 11 is 1.45. The van der Waals surface area contributed by atoms with E-state index in [1.54, 1.807) is 30.2 Å². The Morgan fingerprint density at radius 1 is 1.38 bits per heavy atom. The van der Waals surface area contributed by atoms with Gasteiger partial charge in [-0.05, 0) is 24.4 Å². The first kappa shape index (κ1) is 16.2. The van der Waals surface area contributed by atoms with Crippen molar-refractivity contribution in [1.29, 1.82) is 0 Å².